The first-order valence-electron chi connectivity index (χ1n) is 13.2. The standard InChI is InChI=1S/C30H32N6O2.ClH/c1-21-19-37-17-16-36(21)30-25-14-15-31-18-26(25)33-29(35-30)23-10-12-24(13-11-23)32-27-8-5-9-28(34-27)38-20-22-6-3-2-4-7-22;/h2-13,21,31H,14-20H2,1H3,(H,32,34);1H. The van der Waals surface area contributed by atoms with Gasteiger partial charge in [0.2, 0.25) is 5.88 Å². The average Bonchev–Trinajstić information content (AvgIpc) is 2.97. The number of halogens is 1. The molecule has 0 spiro atoms. The second kappa shape index (κ2) is 12.4. The highest BCUT2D eigenvalue weighted by Gasteiger charge is 2.27. The Balaban J connectivity index is 0.00000308. The lowest BCUT2D eigenvalue weighted by Gasteiger charge is -2.36. The molecule has 2 aliphatic heterocycles. The third-order valence-corrected chi connectivity index (χ3v) is 6.92. The van der Waals surface area contributed by atoms with Crippen molar-refractivity contribution in [3.63, 3.8) is 0 Å². The molecule has 1 unspecified atom stereocenters. The van der Waals surface area contributed by atoms with Crippen molar-refractivity contribution in [1.29, 1.82) is 0 Å². The lowest BCUT2D eigenvalue weighted by atomic mass is 10.0. The number of morpholine rings is 1. The Kier molecular flexibility index (Phi) is 8.56. The van der Waals surface area contributed by atoms with Crippen LogP contribution in [0.25, 0.3) is 11.4 Å². The largest absolute Gasteiger partial charge is 0.473 e. The van der Waals surface area contributed by atoms with Crippen LogP contribution in [-0.4, -0.2) is 47.3 Å². The maximum Gasteiger partial charge on any atom is 0.215 e. The van der Waals surface area contributed by atoms with Gasteiger partial charge in [-0.1, -0.05) is 36.4 Å². The Morgan fingerprint density at radius 1 is 1.00 bits per heavy atom. The van der Waals surface area contributed by atoms with Crippen LogP contribution < -0.4 is 20.3 Å². The van der Waals surface area contributed by atoms with Crippen LogP contribution in [0.4, 0.5) is 17.3 Å². The zero-order valence-electron chi connectivity index (χ0n) is 22.0. The zero-order chi connectivity index (χ0) is 25.7. The molecule has 1 fully saturated rings. The maximum absolute atomic E-state index is 5.88. The van der Waals surface area contributed by atoms with Crippen LogP contribution >= 0.6 is 12.4 Å². The molecule has 8 nitrogen and oxygen atoms in total. The number of ether oxygens (including phenoxy) is 2. The third-order valence-electron chi connectivity index (χ3n) is 6.92. The molecule has 2 aromatic heterocycles. The topological polar surface area (TPSA) is 84.4 Å². The number of rotatable bonds is 7. The van der Waals surface area contributed by atoms with E-state index in [-0.39, 0.29) is 18.4 Å². The van der Waals surface area contributed by atoms with E-state index in [4.69, 9.17) is 19.4 Å². The van der Waals surface area contributed by atoms with Crippen LogP contribution in [0.5, 0.6) is 5.88 Å². The zero-order valence-corrected chi connectivity index (χ0v) is 22.8. The fourth-order valence-electron chi connectivity index (χ4n) is 4.89. The van der Waals surface area contributed by atoms with Crippen LogP contribution in [0.15, 0.2) is 72.8 Å². The fourth-order valence-corrected chi connectivity index (χ4v) is 4.89. The summed E-state index contributed by atoms with van der Waals surface area (Å²) in [6, 6.07) is 24.3. The van der Waals surface area contributed by atoms with Crippen molar-refractivity contribution in [3.8, 4) is 17.3 Å². The first-order chi connectivity index (χ1) is 18.7. The summed E-state index contributed by atoms with van der Waals surface area (Å²) in [5.74, 6) is 3.11. The van der Waals surface area contributed by atoms with Crippen LogP contribution in [0.3, 0.4) is 0 Å². The van der Waals surface area contributed by atoms with Gasteiger partial charge in [-0.25, -0.2) is 9.97 Å². The van der Waals surface area contributed by atoms with Crippen LogP contribution in [0, 0.1) is 0 Å². The van der Waals surface area contributed by atoms with Gasteiger partial charge in [-0.05, 0) is 55.8 Å². The second-order valence-electron chi connectivity index (χ2n) is 9.68. The van der Waals surface area contributed by atoms with Gasteiger partial charge >= 0.3 is 0 Å². The molecule has 0 bridgehead atoms. The van der Waals surface area contributed by atoms with Gasteiger partial charge in [0, 0.05) is 36.0 Å². The van der Waals surface area contributed by atoms with E-state index < -0.39 is 0 Å². The predicted octanol–water partition coefficient (Wildman–Crippen LogP) is 5.15. The summed E-state index contributed by atoms with van der Waals surface area (Å²) in [7, 11) is 0. The summed E-state index contributed by atoms with van der Waals surface area (Å²) in [6.45, 7) is 6.70. The van der Waals surface area contributed by atoms with Gasteiger partial charge in [-0.15, -0.1) is 12.4 Å². The molecule has 9 heteroatoms. The number of hydrogen-bond donors (Lipinski definition) is 2. The summed E-state index contributed by atoms with van der Waals surface area (Å²) in [5.41, 5.74) is 5.38. The number of anilines is 3. The molecule has 4 aromatic rings. The Bertz CT molecular complexity index is 1390. The summed E-state index contributed by atoms with van der Waals surface area (Å²) in [4.78, 5) is 17.0. The van der Waals surface area contributed by atoms with E-state index in [9.17, 15) is 0 Å². The molecule has 6 rings (SSSR count). The lowest BCUT2D eigenvalue weighted by molar-refractivity contribution is 0.0984. The minimum absolute atomic E-state index is 0. The van der Waals surface area contributed by atoms with Crippen molar-refractivity contribution >= 4 is 29.7 Å². The Morgan fingerprint density at radius 2 is 1.85 bits per heavy atom. The van der Waals surface area contributed by atoms with Crippen molar-refractivity contribution in [3.05, 3.63) is 89.6 Å². The molecular weight excluding hydrogens is 512 g/mol. The van der Waals surface area contributed by atoms with E-state index in [1.807, 2.05) is 60.7 Å². The molecule has 0 saturated carbocycles. The normalized spacial score (nSPS) is 16.6. The van der Waals surface area contributed by atoms with Crippen molar-refractivity contribution in [1.82, 2.24) is 20.3 Å². The highest BCUT2D eigenvalue weighted by Crippen LogP contribution is 2.30. The molecule has 2 aromatic carbocycles. The second-order valence-corrected chi connectivity index (χ2v) is 9.68. The number of aromatic nitrogens is 3. The van der Waals surface area contributed by atoms with Gasteiger partial charge in [0.25, 0.3) is 0 Å². The van der Waals surface area contributed by atoms with E-state index in [0.29, 0.717) is 12.5 Å². The molecule has 202 valence electrons. The smallest absolute Gasteiger partial charge is 0.215 e. The third kappa shape index (κ3) is 6.30. The van der Waals surface area contributed by atoms with E-state index >= 15 is 0 Å². The minimum Gasteiger partial charge on any atom is -0.473 e. The van der Waals surface area contributed by atoms with Crippen molar-refractivity contribution < 1.29 is 9.47 Å². The first kappa shape index (κ1) is 26.9. The van der Waals surface area contributed by atoms with Gasteiger partial charge in [0.1, 0.15) is 18.2 Å². The Morgan fingerprint density at radius 3 is 2.67 bits per heavy atom. The number of pyridine rings is 1. The van der Waals surface area contributed by atoms with Crippen molar-refractivity contribution in [2.45, 2.75) is 32.5 Å². The number of nitrogens with zero attached hydrogens (tertiary/aromatic N) is 4. The average molecular weight is 545 g/mol. The molecule has 4 heterocycles. The molecule has 1 atom stereocenters. The van der Waals surface area contributed by atoms with Crippen molar-refractivity contribution in [2.75, 3.05) is 36.5 Å². The molecule has 0 amide bonds. The Hall–Kier alpha value is -3.72. The number of benzene rings is 2. The lowest BCUT2D eigenvalue weighted by Crippen LogP contribution is -2.45. The van der Waals surface area contributed by atoms with Gasteiger partial charge in [0.05, 0.1) is 24.9 Å². The minimum atomic E-state index is 0. The quantitative estimate of drug-likeness (QED) is 0.330. The molecular formula is C30H33ClN6O2. The molecule has 1 saturated heterocycles. The predicted molar refractivity (Wildman–Crippen MR) is 156 cm³/mol. The van der Waals surface area contributed by atoms with Gasteiger partial charge < -0.3 is 25.0 Å². The summed E-state index contributed by atoms with van der Waals surface area (Å²) < 4.78 is 11.6. The highest BCUT2D eigenvalue weighted by molar-refractivity contribution is 5.85. The van der Waals surface area contributed by atoms with Gasteiger partial charge in [-0.3, -0.25) is 0 Å². The molecule has 0 radical (unpaired) electrons. The number of fused-ring (bicyclic) bond motifs is 1. The maximum atomic E-state index is 5.88. The fraction of sp³-hybridized carbons (Fsp3) is 0.300. The van der Waals surface area contributed by atoms with Crippen LogP contribution in [-0.2, 0) is 24.3 Å². The molecule has 39 heavy (non-hydrogen) atoms. The highest BCUT2D eigenvalue weighted by atomic mass is 35.5. The molecule has 0 aliphatic carbocycles. The Labute approximate surface area is 235 Å². The van der Waals surface area contributed by atoms with Gasteiger partial charge in [-0.2, -0.15) is 4.98 Å². The summed E-state index contributed by atoms with van der Waals surface area (Å²) in [6.07, 6.45) is 0.943. The SMILES string of the molecule is CC1COCCN1c1nc(-c2ccc(Nc3cccc(OCc4ccccc4)n3)cc2)nc2c1CCNC2.Cl. The van der Waals surface area contributed by atoms with Crippen LogP contribution in [0.1, 0.15) is 23.7 Å². The number of nitrogens with one attached hydrogen (secondary N) is 2. The van der Waals surface area contributed by atoms with E-state index in [2.05, 4.69) is 39.6 Å². The molecule has 2 N–H and O–H groups in total. The van der Waals surface area contributed by atoms with Crippen LogP contribution in [0.2, 0.25) is 0 Å². The van der Waals surface area contributed by atoms with Gasteiger partial charge in [0.15, 0.2) is 5.82 Å². The van der Waals surface area contributed by atoms with Crippen molar-refractivity contribution in [2.24, 2.45) is 0 Å². The summed E-state index contributed by atoms with van der Waals surface area (Å²) in [5, 5.41) is 6.84. The first-order valence-corrected chi connectivity index (χ1v) is 13.2. The van der Waals surface area contributed by atoms with E-state index in [1.165, 1.54) is 5.56 Å². The van der Waals surface area contributed by atoms with E-state index in [1.54, 1.807) is 0 Å². The van der Waals surface area contributed by atoms with E-state index in [0.717, 1.165) is 79.2 Å². The molecule has 2 aliphatic rings. The monoisotopic (exact) mass is 544 g/mol. The summed E-state index contributed by atoms with van der Waals surface area (Å²) >= 11 is 0. The number of hydrogen-bond acceptors (Lipinski definition) is 8.